The van der Waals surface area contributed by atoms with Crippen LogP contribution in [0.2, 0.25) is 0 Å². The molecule has 1 atom stereocenters. The fraction of sp³-hybridized carbons (Fsp3) is 0.385. The minimum Gasteiger partial charge on any atom is -0.497 e. The van der Waals surface area contributed by atoms with Crippen LogP contribution >= 0.6 is 0 Å². The Kier molecular flexibility index (Phi) is 3.59. The van der Waals surface area contributed by atoms with Gasteiger partial charge in [-0.15, -0.1) is 0 Å². The molecular weight excluding hydrogens is 250 g/mol. The molecule has 0 spiro atoms. The van der Waals surface area contributed by atoms with Crippen molar-refractivity contribution in [1.29, 1.82) is 0 Å². The van der Waals surface area contributed by atoms with Gasteiger partial charge in [-0.3, -0.25) is 4.79 Å². The monoisotopic (exact) mass is 265 g/mol. The molecule has 0 radical (unpaired) electrons. The number of ether oxygens (including phenoxy) is 2. The Morgan fingerprint density at radius 1 is 1.42 bits per heavy atom. The molecule has 19 heavy (non-hydrogen) atoms. The Morgan fingerprint density at radius 2 is 2.16 bits per heavy atom. The number of carboxylic acids is 1. The summed E-state index contributed by atoms with van der Waals surface area (Å²) in [5, 5.41) is 21.3. The topological polar surface area (TPSA) is 88.4 Å². The first-order valence-corrected chi connectivity index (χ1v) is 5.79. The molecule has 0 saturated heterocycles. The van der Waals surface area contributed by atoms with Crippen LogP contribution < -0.4 is 9.47 Å². The molecule has 1 aliphatic rings. The van der Waals surface area contributed by atoms with Crippen molar-refractivity contribution in [1.82, 2.24) is 0 Å². The van der Waals surface area contributed by atoms with Crippen molar-refractivity contribution in [2.75, 3.05) is 14.2 Å². The van der Waals surface area contributed by atoms with Crippen LogP contribution in [-0.4, -0.2) is 36.2 Å². The molecule has 0 fully saturated rings. The van der Waals surface area contributed by atoms with E-state index >= 15 is 0 Å². The fourth-order valence-corrected chi connectivity index (χ4v) is 2.45. The molecule has 6 nitrogen and oxygen atoms in total. The van der Waals surface area contributed by atoms with E-state index in [1.165, 1.54) is 14.2 Å². The lowest BCUT2D eigenvalue weighted by molar-refractivity contribution is -0.137. The lowest BCUT2D eigenvalue weighted by Crippen LogP contribution is -2.03. The smallest absolute Gasteiger partial charge is 0.303 e. The Labute approximate surface area is 110 Å². The van der Waals surface area contributed by atoms with Crippen LogP contribution in [0.4, 0.5) is 0 Å². The van der Waals surface area contributed by atoms with E-state index in [4.69, 9.17) is 19.8 Å². The van der Waals surface area contributed by atoms with Gasteiger partial charge >= 0.3 is 5.97 Å². The van der Waals surface area contributed by atoms with Crippen molar-refractivity contribution in [3.63, 3.8) is 0 Å². The standard InChI is InChI=1S/C13H15NO5/c1-18-8-5-9-7(4-12(15)16)3-10(14-17)13(9)11(6-8)19-2/h5-7,17H,3-4H2,1-2H3,(H,15,16)/b14-10-. The van der Waals surface area contributed by atoms with E-state index in [0.29, 0.717) is 29.2 Å². The van der Waals surface area contributed by atoms with Crippen LogP contribution in [0.5, 0.6) is 11.5 Å². The van der Waals surface area contributed by atoms with Crippen LogP contribution in [0.25, 0.3) is 0 Å². The molecule has 0 heterocycles. The van der Waals surface area contributed by atoms with Gasteiger partial charge in [0, 0.05) is 24.0 Å². The highest BCUT2D eigenvalue weighted by Crippen LogP contribution is 2.43. The third-order valence-electron chi connectivity index (χ3n) is 3.27. The van der Waals surface area contributed by atoms with Gasteiger partial charge in [0.25, 0.3) is 0 Å². The number of aliphatic carboxylic acids is 1. The minimum absolute atomic E-state index is 0.0255. The predicted molar refractivity (Wildman–Crippen MR) is 67.5 cm³/mol. The van der Waals surface area contributed by atoms with E-state index in [9.17, 15) is 4.79 Å². The Morgan fingerprint density at radius 3 is 2.68 bits per heavy atom. The van der Waals surface area contributed by atoms with Gasteiger partial charge in [0.15, 0.2) is 0 Å². The fourth-order valence-electron chi connectivity index (χ4n) is 2.45. The predicted octanol–water partition coefficient (Wildman–Crippen LogP) is 1.84. The van der Waals surface area contributed by atoms with Crippen LogP contribution in [0, 0.1) is 0 Å². The SMILES string of the molecule is COc1cc(OC)c2c(c1)C(CC(=O)O)C/C2=N/O. The van der Waals surface area contributed by atoms with Gasteiger partial charge in [-0.25, -0.2) is 0 Å². The molecule has 0 aromatic heterocycles. The van der Waals surface area contributed by atoms with Gasteiger partial charge in [-0.05, 0) is 11.6 Å². The molecular formula is C13H15NO5. The molecule has 1 unspecified atom stereocenters. The maximum atomic E-state index is 10.9. The van der Waals surface area contributed by atoms with Gasteiger partial charge in [-0.1, -0.05) is 5.16 Å². The summed E-state index contributed by atoms with van der Waals surface area (Å²) >= 11 is 0. The maximum Gasteiger partial charge on any atom is 0.303 e. The van der Waals surface area contributed by atoms with E-state index < -0.39 is 5.97 Å². The largest absolute Gasteiger partial charge is 0.497 e. The second-order valence-electron chi connectivity index (χ2n) is 4.34. The van der Waals surface area contributed by atoms with Crippen LogP contribution in [0.1, 0.15) is 29.9 Å². The highest BCUT2D eigenvalue weighted by atomic mass is 16.5. The number of fused-ring (bicyclic) bond motifs is 1. The van der Waals surface area contributed by atoms with E-state index in [2.05, 4.69) is 5.16 Å². The molecule has 2 N–H and O–H groups in total. The molecule has 0 aliphatic heterocycles. The first kappa shape index (κ1) is 13.2. The number of hydrogen-bond acceptors (Lipinski definition) is 5. The summed E-state index contributed by atoms with van der Waals surface area (Å²) in [6, 6.07) is 3.46. The molecule has 0 bridgehead atoms. The number of carboxylic acid groups (broad SMARTS) is 1. The Balaban J connectivity index is 2.56. The van der Waals surface area contributed by atoms with Crippen LogP contribution in [0.15, 0.2) is 17.3 Å². The zero-order chi connectivity index (χ0) is 14.0. The summed E-state index contributed by atoms with van der Waals surface area (Å²) in [7, 11) is 3.04. The van der Waals surface area contributed by atoms with Gasteiger partial charge < -0.3 is 19.8 Å². The molecule has 6 heteroatoms. The van der Waals surface area contributed by atoms with E-state index in [0.717, 1.165) is 5.56 Å². The van der Waals surface area contributed by atoms with Crippen molar-refractivity contribution in [2.45, 2.75) is 18.8 Å². The first-order chi connectivity index (χ1) is 9.10. The minimum atomic E-state index is -0.892. The third kappa shape index (κ3) is 2.33. The molecule has 0 saturated carbocycles. The number of nitrogens with zero attached hydrogens (tertiary/aromatic N) is 1. The van der Waals surface area contributed by atoms with Crippen molar-refractivity contribution in [3.05, 3.63) is 23.3 Å². The highest BCUT2D eigenvalue weighted by Gasteiger charge is 2.33. The number of methoxy groups -OCH3 is 2. The summed E-state index contributed by atoms with van der Waals surface area (Å²) in [4.78, 5) is 10.9. The van der Waals surface area contributed by atoms with Crippen molar-refractivity contribution in [3.8, 4) is 11.5 Å². The number of benzene rings is 1. The lowest BCUT2D eigenvalue weighted by atomic mass is 9.97. The molecule has 1 aliphatic carbocycles. The molecule has 0 amide bonds. The number of oxime groups is 1. The average molecular weight is 265 g/mol. The zero-order valence-electron chi connectivity index (χ0n) is 10.7. The summed E-state index contributed by atoms with van der Waals surface area (Å²) in [5.41, 5.74) is 1.89. The van der Waals surface area contributed by atoms with Gasteiger partial charge in [0.05, 0.1) is 26.4 Å². The Hall–Kier alpha value is -2.24. The molecule has 2 rings (SSSR count). The van der Waals surface area contributed by atoms with Crippen LogP contribution in [-0.2, 0) is 4.79 Å². The highest BCUT2D eigenvalue weighted by molar-refractivity contribution is 6.07. The summed E-state index contributed by atoms with van der Waals surface area (Å²) in [5.74, 6) is -0.0143. The molecule has 1 aromatic rings. The quantitative estimate of drug-likeness (QED) is 0.640. The second kappa shape index (κ2) is 5.17. The van der Waals surface area contributed by atoms with E-state index in [-0.39, 0.29) is 12.3 Å². The summed E-state index contributed by atoms with van der Waals surface area (Å²) < 4.78 is 10.4. The lowest BCUT2D eigenvalue weighted by Gasteiger charge is -2.12. The van der Waals surface area contributed by atoms with Crippen LogP contribution in [0.3, 0.4) is 0 Å². The number of rotatable bonds is 4. The first-order valence-electron chi connectivity index (χ1n) is 5.79. The zero-order valence-corrected chi connectivity index (χ0v) is 10.7. The van der Waals surface area contributed by atoms with Crippen molar-refractivity contribution in [2.24, 2.45) is 5.16 Å². The normalized spacial score (nSPS) is 19.3. The third-order valence-corrected chi connectivity index (χ3v) is 3.27. The van der Waals surface area contributed by atoms with Crippen molar-refractivity contribution >= 4 is 11.7 Å². The number of hydrogen-bond donors (Lipinski definition) is 2. The van der Waals surface area contributed by atoms with E-state index in [1.807, 2.05) is 0 Å². The van der Waals surface area contributed by atoms with E-state index in [1.54, 1.807) is 12.1 Å². The summed E-state index contributed by atoms with van der Waals surface area (Å²) in [6.45, 7) is 0. The maximum absolute atomic E-state index is 10.9. The average Bonchev–Trinajstić information content (AvgIpc) is 2.75. The van der Waals surface area contributed by atoms with Crippen molar-refractivity contribution < 1.29 is 24.6 Å². The van der Waals surface area contributed by atoms with Gasteiger partial charge in [-0.2, -0.15) is 0 Å². The summed E-state index contributed by atoms with van der Waals surface area (Å²) in [6.07, 6.45) is 0.351. The second-order valence-corrected chi connectivity index (χ2v) is 4.34. The molecule has 1 aromatic carbocycles. The Bertz CT molecular complexity index is 538. The van der Waals surface area contributed by atoms with Gasteiger partial charge in [0.1, 0.15) is 11.5 Å². The molecule has 102 valence electrons. The number of carbonyl (C=O) groups is 1. The van der Waals surface area contributed by atoms with Gasteiger partial charge in [0.2, 0.25) is 0 Å².